The summed E-state index contributed by atoms with van der Waals surface area (Å²) in [5, 5.41) is 0. The zero-order valence-electron chi connectivity index (χ0n) is 10.2. The summed E-state index contributed by atoms with van der Waals surface area (Å²) >= 11 is 0. The Labute approximate surface area is 96.3 Å². The topological polar surface area (TPSA) is 57.4 Å². The summed E-state index contributed by atoms with van der Waals surface area (Å²) < 4.78 is 11.6. The third-order valence-corrected chi connectivity index (χ3v) is 3.14. The predicted octanol–water partition coefficient (Wildman–Crippen LogP) is 0.881. The SMILES string of the molecule is Cc1cc(N)ncc1B1OC(C)C(C)(C)O1. The highest BCUT2D eigenvalue weighted by Crippen LogP contribution is 2.27. The molecule has 1 saturated heterocycles. The molecular weight excluding hydrogens is 203 g/mol. The number of hydrogen-bond donors (Lipinski definition) is 1. The van der Waals surface area contributed by atoms with Crippen LogP contribution in [0.3, 0.4) is 0 Å². The van der Waals surface area contributed by atoms with Gasteiger partial charge in [-0.05, 0) is 39.3 Å². The molecule has 0 radical (unpaired) electrons. The minimum atomic E-state index is -0.335. The fraction of sp³-hybridized carbons (Fsp3) is 0.545. The summed E-state index contributed by atoms with van der Waals surface area (Å²) in [6.07, 6.45) is 1.79. The largest absolute Gasteiger partial charge is 0.496 e. The molecule has 1 aliphatic heterocycles. The molecule has 2 heterocycles. The molecule has 1 atom stereocenters. The van der Waals surface area contributed by atoms with Crippen molar-refractivity contribution in [3.63, 3.8) is 0 Å². The van der Waals surface area contributed by atoms with Crippen molar-refractivity contribution in [2.24, 2.45) is 0 Å². The minimum absolute atomic E-state index is 0.0643. The van der Waals surface area contributed by atoms with Crippen LogP contribution in [0.2, 0.25) is 0 Å². The third-order valence-electron chi connectivity index (χ3n) is 3.14. The second-order valence-corrected chi connectivity index (χ2v) is 4.80. The van der Waals surface area contributed by atoms with Crippen LogP contribution >= 0.6 is 0 Å². The molecule has 1 aromatic heterocycles. The van der Waals surface area contributed by atoms with Gasteiger partial charge in [0, 0.05) is 11.7 Å². The molecule has 0 bridgehead atoms. The van der Waals surface area contributed by atoms with Crippen LogP contribution in [0.15, 0.2) is 12.3 Å². The standard InChI is InChI=1S/C11H17BN2O2/c1-7-5-10(13)14-6-9(7)12-15-8(2)11(3,4)16-12/h5-6,8H,1-4H3,(H2,13,14). The van der Waals surface area contributed by atoms with Gasteiger partial charge >= 0.3 is 7.12 Å². The first-order valence-electron chi connectivity index (χ1n) is 5.45. The predicted molar refractivity (Wildman–Crippen MR) is 64.5 cm³/mol. The quantitative estimate of drug-likeness (QED) is 0.713. The number of aromatic nitrogens is 1. The lowest BCUT2D eigenvalue weighted by Gasteiger charge is -2.21. The van der Waals surface area contributed by atoms with Crippen molar-refractivity contribution in [3.05, 3.63) is 17.8 Å². The maximum absolute atomic E-state index is 5.86. The van der Waals surface area contributed by atoms with Gasteiger partial charge in [-0.15, -0.1) is 0 Å². The van der Waals surface area contributed by atoms with Crippen LogP contribution < -0.4 is 11.2 Å². The molecule has 5 heteroatoms. The third kappa shape index (κ3) is 1.93. The Morgan fingerprint density at radius 2 is 2.19 bits per heavy atom. The molecule has 0 aliphatic carbocycles. The van der Waals surface area contributed by atoms with E-state index in [-0.39, 0.29) is 18.8 Å². The molecule has 86 valence electrons. The van der Waals surface area contributed by atoms with E-state index in [0.717, 1.165) is 11.0 Å². The molecule has 4 nitrogen and oxygen atoms in total. The highest BCUT2D eigenvalue weighted by atomic mass is 16.7. The maximum Gasteiger partial charge on any atom is 0.496 e. The highest BCUT2D eigenvalue weighted by Gasteiger charge is 2.44. The second-order valence-electron chi connectivity index (χ2n) is 4.80. The van der Waals surface area contributed by atoms with E-state index in [9.17, 15) is 0 Å². The summed E-state index contributed by atoms with van der Waals surface area (Å²) in [7, 11) is -0.335. The lowest BCUT2D eigenvalue weighted by atomic mass is 9.77. The van der Waals surface area contributed by atoms with Gasteiger partial charge in [0.2, 0.25) is 0 Å². The van der Waals surface area contributed by atoms with Crippen LogP contribution in [-0.2, 0) is 9.31 Å². The maximum atomic E-state index is 5.86. The average molecular weight is 220 g/mol. The first kappa shape index (κ1) is 11.4. The van der Waals surface area contributed by atoms with Crippen LogP contribution in [0.5, 0.6) is 0 Å². The fourth-order valence-electron chi connectivity index (χ4n) is 1.72. The number of nitrogens with two attached hydrogens (primary N) is 1. The van der Waals surface area contributed by atoms with Crippen LogP contribution in [-0.4, -0.2) is 23.8 Å². The summed E-state index contributed by atoms with van der Waals surface area (Å²) in [6, 6.07) is 1.83. The Morgan fingerprint density at radius 1 is 1.50 bits per heavy atom. The summed E-state index contributed by atoms with van der Waals surface area (Å²) in [6.45, 7) is 8.05. The zero-order valence-corrected chi connectivity index (χ0v) is 10.2. The molecule has 1 unspecified atom stereocenters. The summed E-state index contributed by atoms with van der Waals surface area (Å²) in [5.74, 6) is 0.520. The Hall–Kier alpha value is -1.07. The molecule has 1 fully saturated rings. The Balaban J connectivity index is 2.27. The van der Waals surface area contributed by atoms with Crippen molar-refractivity contribution in [3.8, 4) is 0 Å². The first-order chi connectivity index (χ1) is 7.40. The molecule has 16 heavy (non-hydrogen) atoms. The molecular formula is C11H17BN2O2. The fourth-order valence-corrected chi connectivity index (χ4v) is 1.72. The van der Waals surface area contributed by atoms with E-state index in [1.54, 1.807) is 6.20 Å². The number of aryl methyl sites for hydroxylation is 1. The van der Waals surface area contributed by atoms with E-state index in [0.29, 0.717) is 5.82 Å². The Bertz CT molecular complexity index is 409. The smallest absolute Gasteiger partial charge is 0.402 e. The monoisotopic (exact) mass is 220 g/mol. The number of nitrogen functional groups attached to an aromatic ring is 1. The van der Waals surface area contributed by atoms with Crippen LogP contribution in [0.1, 0.15) is 26.3 Å². The van der Waals surface area contributed by atoms with Crippen molar-refractivity contribution in [1.82, 2.24) is 4.98 Å². The van der Waals surface area contributed by atoms with Gasteiger partial charge in [-0.3, -0.25) is 0 Å². The van der Waals surface area contributed by atoms with Crippen molar-refractivity contribution in [1.29, 1.82) is 0 Å². The van der Waals surface area contributed by atoms with Crippen LogP contribution in [0, 0.1) is 6.92 Å². The number of hydrogen-bond acceptors (Lipinski definition) is 4. The Kier molecular flexibility index (Phi) is 2.68. The first-order valence-corrected chi connectivity index (χ1v) is 5.45. The van der Waals surface area contributed by atoms with Crippen molar-refractivity contribution >= 4 is 18.4 Å². The van der Waals surface area contributed by atoms with Crippen molar-refractivity contribution < 1.29 is 9.31 Å². The van der Waals surface area contributed by atoms with Gasteiger partial charge in [0.1, 0.15) is 5.82 Å². The van der Waals surface area contributed by atoms with E-state index in [4.69, 9.17) is 15.0 Å². The molecule has 0 amide bonds. The Morgan fingerprint density at radius 3 is 2.69 bits per heavy atom. The average Bonchev–Trinajstić information content (AvgIpc) is 2.40. The lowest BCUT2D eigenvalue weighted by molar-refractivity contribution is 0.0842. The van der Waals surface area contributed by atoms with E-state index < -0.39 is 0 Å². The number of rotatable bonds is 1. The molecule has 1 aromatic rings. The normalized spacial score (nSPS) is 23.8. The van der Waals surface area contributed by atoms with Gasteiger partial charge < -0.3 is 15.0 Å². The van der Waals surface area contributed by atoms with Gasteiger partial charge in [0.15, 0.2) is 0 Å². The van der Waals surface area contributed by atoms with E-state index >= 15 is 0 Å². The molecule has 0 spiro atoms. The van der Waals surface area contributed by atoms with E-state index in [1.807, 2.05) is 33.8 Å². The molecule has 1 aliphatic rings. The second kappa shape index (κ2) is 3.75. The molecule has 0 saturated carbocycles. The van der Waals surface area contributed by atoms with Crippen molar-refractivity contribution in [2.45, 2.75) is 39.4 Å². The summed E-state index contributed by atoms with van der Waals surface area (Å²) in [5.41, 5.74) is 7.34. The van der Waals surface area contributed by atoms with Gasteiger partial charge in [0.05, 0.1) is 11.7 Å². The van der Waals surface area contributed by atoms with Crippen LogP contribution in [0.4, 0.5) is 5.82 Å². The number of nitrogens with zero attached hydrogens (tertiary/aromatic N) is 1. The summed E-state index contributed by atoms with van der Waals surface area (Å²) in [4.78, 5) is 4.08. The van der Waals surface area contributed by atoms with Gasteiger partial charge in [-0.25, -0.2) is 4.98 Å². The lowest BCUT2D eigenvalue weighted by Crippen LogP contribution is -2.36. The van der Waals surface area contributed by atoms with Crippen molar-refractivity contribution in [2.75, 3.05) is 5.73 Å². The highest BCUT2D eigenvalue weighted by molar-refractivity contribution is 6.62. The minimum Gasteiger partial charge on any atom is -0.402 e. The van der Waals surface area contributed by atoms with Gasteiger partial charge in [0.25, 0.3) is 0 Å². The molecule has 2 N–H and O–H groups in total. The number of anilines is 1. The molecule has 0 aromatic carbocycles. The van der Waals surface area contributed by atoms with E-state index in [1.165, 1.54) is 0 Å². The van der Waals surface area contributed by atoms with Gasteiger partial charge in [-0.2, -0.15) is 0 Å². The van der Waals surface area contributed by atoms with Gasteiger partial charge in [-0.1, -0.05) is 0 Å². The zero-order chi connectivity index (χ0) is 11.9. The van der Waals surface area contributed by atoms with E-state index in [2.05, 4.69) is 4.98 Å². The van der Waals surface area contributed by atoms with Crippen LogP contribution in [0.25, 0.3) is 0 Å². The number of pyridine rings is 1. The molecule has 2 rings (SSSR count).